The van der Waals surface area contributed by atoms with E-state index in [1.54, 1.807) is 6.20 Å². The van der Waals surface area contributed by atoms with E-state index < -0.39 is 59.8 Å². The van der Waals surface area contributed by atoms with Gasteiger partial charge < -0.3 is 53.5 Å². The van der Waals surface area contributed by atoms with E-state index in [0.717, 1.165) is 37.7 Å². The number of para-hydroxylation sites is 1. The van der Waals surface area contributed by atoms with Crippen LogP contribution in [0.3, 0.4) is 0 Å². The van der Waals surface area contributed by atoms with Crippen LogP contribution in [0.25, 0.3) is 21.0 Å². The Morgan fingerprint density at radius 1 is 0.746 bits per heavy atom. The Labute approximate surface area is 345 Å². The number of hydrogen-bond donors (Lipinski definition) is 9. The number of benzene rings is 3. The van der Waals surface area contributed by atoms with E-state index in [9.17, 15) is 24.0 Å². The summed E-state index contributed by atoms with van der Waals surface area (Å²) < 4.78 is 6.72. The number of ether oxygens (including phenoxy) is 1. The number of H-pyrrole nitrogens is 1. The Kier molecular flexibility index (Phi) is 14.6. The molecule has 2 aromatic heterocycles. The second-order valence-corrected chi connectivity index (χ2v) is 15.3. The summed E-state index contributed by atoms with van der Waals surface area (Å²) in [6, 6.07) is 19.9. The van der Waals surface area contributed by atoms with Gasteiger partial charge in [0.05, 0.1) is 6.61 Å². The number of aliphatic imine (C=N–C) groups is 1. The summed E-state index contributed by atoms with van der Waals surface area (Å²) in [6.07, 6.45) is 1.70. The molecule has 59 heavy (non-hydrogen) atoms. The van der Waals surface area contributed by atoms with Gasteiger partial charge in [0.1, 0.15) is 30.3 Å². The number of hydrogen-bond acceptors (Lipinski definition) is 9. The molecule has 1 saturated heterocycles. The summed E-state index contributed by atoms with van der Waals surface area (Å²) in [6.45, 7) is 1.44. The predicted octanol–water partition coefficient (Wildman–Crippen LogP) is 0.877. The minimum Gasteiger partial charge on any atom is -0.370 e. The first kappa shape index (κ1) is 42.3. The van der Waals surface area contributed by atoms with Gasteiger partial charge in [-0.05, 0) is 52.4 Å². The van der Waals surface area contributed by atoms with Gasteiger partial charge in [-0.2, -0.15) is 0 Å². The molecule has 5 atom stereocenters. The van der Waals surface area contributed by atoms with Crippen molar-refractivity contribution < 1.29 is 28.7 Å². The van der Waals surface area contributed by atoms with Crippen LogP contribution in [-0.2, 0) is 48.0 Å². The molecular weight excluding hydrogens is 773 g/mol. The molecule has 6 rings (SSSR count). The van der Waals surface area contributed by atoms with Gasteiger partial charge in [0.25, 0.3) is 5.91 Å². The molecule has 0 bridgehead atoms. The van der Waals surface area contributed by atoms with Crippen LogP contribution in [0.2, 0.25) is 0 Å². The van der Waals surface area contributed by atoms with Gasteiger partial charge in [0, 0.05) is 60.7 Å². The third-order valence-corrected chi connectivity index (χ3v) is 11.1. The molecule has 0 spiro atoms. The number of aromatic amines is 1. The number of nitrogens with one attached hydrogen (secondary N) is 6. The largest absolute Gasteiger partial charge is 0.370 e. The van der Waals surface area contributed by atoms with Gasteiger partial charge in [0.15, 0.2) is 5.96 Å². The van der Waals surface area contributed by atoms with Gasteiger partial charge in [-0.1, -0.05) is 66.7 Å². The Morgan fingerprint density at radius 2 is 1.37 bits per heavy atom. The van der Waals surface area contributed by atoms with Crippen LogP contribution in [0.1, 0.15) is 29.5 Å². The van der Waals surface area contributed by atoms with Crippen LogP contribution >= 0.6 is 11.3 Å². The minimum atomic E-state index is -1.22. The third-order valence-electron chi connectivity index (χ3n) is 10.1. The third kappa shape index (κ3) is 11.6. The standard InChI is InChI=1S/C42H50N10O6S/c43-37(53)31(14-8-16-47-42(44)45)49-38(54)32(19-25-9-2-1-3-10-25)50-39(55)33(20-26-22-48-30-13-6-4-11-28(26)30)51-40(56)34(52-41(57)35-23-46-17-18-58-35)21-27-24-59-36-15-7-5-12-29(27)36/h1-7,9-13,15,22,24,31-35,46,48H,8,14,16-21,23H2,(H2,43,53)(H,49,54)(H,50,55)(H,51,56)(H,52,57)(H4,44,45,47)/t31-,32+,33-,34-,35-/m1/s1. The molecule has 3 heterocycles. The Hall–Kier alpha value is -6.30. The fourth-order valence-electron chi connectivity index (χ4n) is 7.01. The fraction of sp³-hybridized carbons (Fsp3) is 0.333. The second-order valence-electron chi connectivity index (χ2n) is 14.4. The van der Waals surface area contributed by atoms with Crippen molar-refractivity contribution >= 4 is 67.8 Å². The van der Waals surface area contributed by atoms with E-state index in [2.05, 4.69) is 36.6 Å². The Balaban J connectivity index is 1.28. The summed E-state index contributed by atoms with van der Waals surface area (Å²) in [5, 5.41) is 18.3. The monoisotopic (exact) mass is 822 g/mol. The molecule has 1 aliphatic rings. The molecule has 1 fully saturated rings. The molecule has 5 aromatic rings. The molecule has 17 heteroatoms. The number of primary amides is 1. The maximum Gasteiger partial charge on any atom is 0.251 e. The number of carbonyl (C=O) groups is 5. The maximum atomic E-state index is 14.6. The summed E-state index contributed by atoms with van der Waals surface area (Å²) in [4.78, 5) is 76.2. The number of thiophene rings is 1. The molecular formula is C42H50N10O6S. The summed E-state index contributed by atoms with van der Waals surface area (Å²) >= 11 is 1.53. The zero-order chi connectivity index (χ0) is 41.7. The van der Waals surface area contributed by atoms with Crippen molar-refractivity contribution in [3.8, 4) is 0 Å². The quantitative estimate of drug-likeness (QED) is 0.0325. The first-order valence-corrected chi connectivity index (χ1v) is 20.4. The van der Waals surface area contributed by atoms with Crippen LogP contribution in [0.5, 0.6) is 0 Å². The van der Waals surface area contributed by atoms with Crippen molar-refractivity contribution in [1.29, 1.82) is 0 Å². The van der Waals surface area contributed by atoms with Crippen molar-refractivity contribution in [2.75, 3.05) is 26.2 Å². The summed E-state index contributed by atoms with van der Waals surface area (Å²) in [7, 11) is 0. The van der Waals surface area contributed by atoms with Gasteiger partial charge >= 0.3 is 0 Å². The van der Waals surface area contributed by atoms with Crippen molar-refractivity contribution in [1.82, 2.24) is 31.6 Å². The number of guanidine groups is 1. The zero-order valence-corrected chi connectivity index (χ0v) is 33.3. The van der Waals surface area contributed by atoms with Crippen LogP contribution < -0.4 is 43.8 Å². The average Bonchev–Trinajstić information content (AvgIpc) is 3.85. The van der Waals surface area contributed by atoms with E-state index in [1.165, 1.54) is 11.3 Å². The van der Waals surface area contributed by atoms with Crippen molar-refractivity contribution in [3.05, 3.63) is 107 Å². The number of morpholine rings is 1. The number of rotatable bonds is 19. The lowest BCUT2D eigenvalue weighted by molar-refractivity contribution is -0.138. The predicted molar refractivity (Wildman–Crippen MR) is 227 cm³/mol. The van der Waals surface area contributed by atoms with Gasteiger partial charge in [-0.15, -0.1) is 11.3 Å². The molecule has 0 aliphatic carbocycles. The molecule has 0 unspecified atom stereocenters. The number of carbonyl (C=O) groups excluding carboxylic acids is 5. The summed E-state index contributed by atoms with van der Waals surface area (Å²) in [5.74, 6) is -3.24. The Morgan fingerprint density at radius 3 is 2.07 bits per heavy atom. The van der Waals surface area contributed by atoms with E-state index in [1.807, 2.05) is 84.2 Å². The lowest BCUT2D eigenvalue weighted by atomic mass is 10.00. The van der Waals surface area contributed by atoms with Gasteiger partial charge in [-0.3, -0.25) is 29.0 Å². The van der Waals surface area contributed by atoms with E-state index in [-0.39, 0.29) is 44.7 Å². The highest BCUT2D eigenvalue weighted by molar-refractivity contribution is 7.17. The lowest BCUT2D eigenvalue weighted by Crippen LogP contribution is -2.60. The molecule has 0 radical (unpaired) electrons. The fourth-order valence-corrected chi connectivity index (χ4v) is 7.99. The number of aromatic nitrogens is 1. The normalized spacial score (nSPS) is 16.0. The maximum absolute atomic E-state index is 14.6. The van der Waals surface area contributed by atoms with Gasteiger partial charge in [0.2, 0.25) is 23.6 Å². The average molecular weight is 823 g/mol. The molecule has 3 aromatic carbocycles. The topological polar surface area (TPSA) is 261 Å². The molecule has 310 valence electrons. The second kappa shape index (κ2) is 20.4. The molecule has 12 N–H and O–H groups in total. The van der Waals surface area contributed by atoms with E-state index >= 15 is 0 Å². The van der Waals surface area contributed by atoms with Crippen LogP contribution in [0.4, 0.5) is 0 Å². The van der Waals surface area contributed by atoms with Crippen LogP contribution in [0.15, 0.2) is 95.4 Å². The van der Waals surface area contributed by atoms with Crippen LogP contribution in [-0.4, -0.2) is 97.0 Å². The highest BCUT2D eigenvalue weighted by Gasteiger charge is 2.33. The first-order valence-electron chi connectivity index (χ1n) is 19.5. The van der Waals surface area contributed by atoms with E-state index in [4.69, 9.17) is 21.9 Å². The Bertz CT molecular complexity index is 2270. The number of fused-ring (bicyclic) bond motifs is 2. The smallest absolute Gasteiger partial charge is 0.251 e. The molecule has 5 amide bonds. The highest BCUT2D eigenvalue weighted by atomic mass is 32.1. The summed E-state index contributed by atoms with van der Waals surface area (Å²) in [5.41, 5.74) is 19.7. The number of nitrogens with zero attached hydrogens (tertiary/aromatic N) is 1. The molecule has 1 aliphatic heterocycles. The molecule has 0 saturated carbocycles. The number of amides is 5. The first-order chi connectivity index (χ1) is 28.5. The van der Waals surface area contributed by atoms with Crippen LogP contribution in [0, 0.1) is 0 Å². The van der Waals surface area contributed by atoms with Crippen molar-refractivity contribution in [3.63, 3.8) is 0 Å². The lowest BCUT2D eigenvalue weighted by Gasteiger charge is -2.28. The van der Waals surface area contributed by atoms with Gasteiger partial charge in [-0.25, -0.2) is 0 Å². The molecule has 16 nitrogen and oxygen atoms in total. The van der Waals surface area contributed by atoms with Crippen molar-refractivity contribution in [2.24, 2.45) is 22.2 Å². The van der Waals surface area contributed by atoms with E-state index in [0.29, 0.717) is 19.6 Å². The van der Waals surface area contributed by atoms with Crippen molar-refractivity contribution in [2.45, 2.75) is 62.4 Å². The number of nitrogens with two attached hydrogens (primary N) is 3. The SMILES string of the molecule is NC(=O)[C@@H](CCCN=C(N)N)NC(=O)[C@H](Cc1ccccc1)NC(=O)[C@@H](Cc1c[nH]c2ccccc12)NC(=O)[C@@H](Cc1csc2ccccc12)NC(=O)[C@H]1CNCCO1. The minimum absolute atomic E-state index is 0.0354. The zero-order valence-electron chi connectivity index (χ0n) is 32.4. The highest BCUT2D eigenvalue weighted by Crippen LogP contribution is 2.27.